The highest BCUT2D eigenvalue weighted by atomic mass is 19.4. The number of carbonyl (C=O) groups excluding carboxylic acids is 3. The van der Waals surface area contributed by atoms with Crippen molar-refractivity contribution >= 4 is 17.9 Å². The van der Waals surface area contributed by atoms with E-state index in [1.807, 2.05) is 0 Å². The summed E-state index contributed by atoms with van der Waals surface area (Å²) in [4.78, 5) is 36.2. The summed E-state index contributed by atoms with van der Waals surface area (Å²) in [5, 5.41) is 2.75. The standard InChI is InChI=1S/C18H26F3N3O6/c1-17(2,3)30-16(27)22-11-7-12-10(6-13(11)28-12)15(26)24-23-14(25)8-4-9(5-8)29-18(19,20)21/h8-13H,4-7H2,1-3H3,(H,22,27)(H,23,25)(H,24,26)/t8?,9?,10-,11-,12+,13+/m0/s1. The highest BCUT2D eigenvalue weighted by Gasteiger charge is 2.51. The van der Waals surface area contributed by atoms with Crippen LogP contribution in [-0.4, -0.2) is 54.2 Å². The molecule has 1 aliphatic carbocycles. The van der Waals surface area contributed by atoms with E-state index in [4.69, 9.17) is 9.47 Å². The van der Waals surface area contributed by atoms with Gasteiger partial charge in [0.1, 0.15) is 5.60 Å². The Hall–Kier alpha value is -2.08. The molecule has 12 heteroatoms. The van der Waals surface area contributed by atoms with Gasteiger partial charge >= 0.3 is 12.5 Å². The Kier molecular flexibility index (Phi) is 6.19. The molecule has 30 heavy (non-hydrogen) atoms. The smallest absolute Gasteiger partial charge is 0.444 e. The number of amides is 3. The van der Waals surface area contributed by atoms with Crippen molar-refractivity contribution in [3.8, 4) is 0 Å². The zero-order chi connectivity index (χ0) is 22.3. The maximum absolute atomic E-state index is 12.3. The summed E-state index contributed by atoms with van der Waals surface area (Å²) in [6.07, 6.45) is -6.35. The zero-order valence-electron chi connectivity index (χ0n) is 16.9. The second-order valence-electron chi connectivity index (χ2n) is 8.88. The van der Waals surface area contributed by atoms with E-state index in [0.29, 0.717) is 12.8 Å². The van der Waals surface area contributed by atoms with Crippen molar-refractivity contribution in [3.63, 3.8) is 0 Å². The van der Waals surface area contributed by atoms with E-state index in [2.05, 4.69) is 20.9 Å². The van der Waals surface area contributed by atoms with Gasteiger partial charge in [0.15, 0.2) is 0 Å². The van der Waals surface area contributed by atoms with E-state index >= 15 is 0 Å². The molecule has 0 aromatic carbocycles. The molecule has 3 N–H and O–H groups in total. The lowest BCUT2D eigenvalue weighted by Crippen LogP contribution is -2.53. The Morgan fingerprint density at radius 3 is 2.10 bits per heavy atom. The van der Waals surface area contributed by atoms with Crippen LogP contribution in [0.15, 0.2) is 0 Å². The summed E-state index contributed by atoms with van der Waals surface area (Å²) in [6.45, 7) is 5.27. The first-order valence-electron chi connectivity index (χ1n) is 9.80. The Labute approximate surface area is 171 Å². The summed E-state index contributed by atoms with van der Waals surface area (Å²) < 4.78 is 51.1. The molecule has 2 saturated heterocycles. The van der Waals surface area contributed by atoms with Gasteiger partial charge in [-0.2, -0.15) is 0 Å². The second kappa shape index (κ2) is 8.22. The maximum Gasteiger partial charge on any atom is 0.522 e. The fraction of sp³-hybridized carbons (Fsp3) is 0.833. The Bertz CT molecular complexity index is 690. The minimum absolute atomic E-state index is 0.0591. The molecular formula is C18H26F3N3O6. The molecule has 4 atom stereocenters. The van der Waals surface area contributed by atoms with Crippen LogP contribution >= 0.6 is 0 Å². The van der Waals surface area contributed by atoms with E-state index in [0.717, 1.165) is 0 Å². The van der Waals surface area contributed by atoms with Gasteiger partial charge in [-0.05, 0) is 46.5 Å². The van der Waals surface area contributed by atoms with E-state index in [-0.39, 0.29) is 25.0 Å². The van der Waals surface area contributed by atoms with Gasteiger partial charge in [0.05, 0.1) is 30.3 Å². The highest BCUT2D eigenvalue weighted by Crippen LogP contribution is 2.39. The molecule has 3 amide bonds. The zero-order valence-corrected chi connectivity index (χ0v) is 16.9. The van der Waals surface area contributed by atoms with Crippen LogP contribution in [0.3, 0.4) is 0 Å². The number of ether oxygens (including phenoxy) is 3. The SMILES string of the molecule is CC(C)(C)OC(=O)N[C@H]1C[C@H]2O[C@@H]1C[C@@H]2C(=O)NNC(=O)C1CC(OC(F)(F)F)C1. The molecule has 2 aliphatic heterocycles. The van der Waals surface area contributed by atoms with Crippen molar-refractivity contribution in [2.75, 3.05) is 0 Å². The average molecular weight is 437 g/mol. The molecule has 9 nitrogen and oxygen atoms in total. The van der Waals surface area contributed by atoms with Gasteiger partial charge in [-0.3, -0.25) is 25.2 Å². The Morgan fingerprint density at radius 1 is 0.933 bits per heavy atom. The minimum atomic E-state index is -4.72. The molecule has 2 bridgehead atoms. The number of rotatable bonds is 4. The molecule has 0 aromatic rings. The molecule has 3 rings (SSSR count). The van der Waals surface area contributed by atoms with Gasteiger partial charge in [-0.15, -0.1) is 13.2 Å². The van der Waals surface area contributed by atoms with Gasteiger partial charge in [-0.25, -0.2) is 4.79 Å². The number of alkyl carbamates (subject to hydrolysis) is 1. The van der Waals surface area contributed by atoms with Gasteiger partial charge in [0.2, 0.25) is 11.8 Å². The quantitative estimate of drug-likeness (QED) is 0.575. The molecule has 1 saturated carbocycles. The molecule has 3 aliphatic rings. The number of fused-ring (bicyclic) bond motifs is 2. The number of hydrogen-bond donors (Lipinski definition) is 3. The number of nitrogens with one attached hydrogen (secondary N) is 3. The third-order valence-electron chi connectivity index (χ3n) is 5.33. The number of hydrazine groups is 1. The van der Waals surface area contributed by atoms with Crippen molar-refractivity contribution in [3.05, 3.63) is 0 Å². The third kappa shape index (κ3) is 5.75. The highest BCUT2D eigenvalue weighted by molar-refractivity contribution is 5.85. The fourth-order valence-corrected chi connectivity index (χ4v) is 3.93. The van der Waals surface area contributed by atoms with Crippen LogP contribution in [0.1, 0.15) is 46.5 Å². The summed E-state index contributed by atoms with van der Waals surface area (Å²) in [5.74, 6) is -2.13. The summed E-state index contributed by atoms with van der Waals surface area (Å²) in [5.41, 5.74) is 3.94. The van der Waals surface area contributed by atoms with Crippen molar-refractivity contribution in [1.82, 2.24) is 16.2 Å². The first-order chi connectivity index (χ1) is 13.8. The van der Waals surface area contributed by atoms with Gasteiger partial charge in [-0.1, -0.05) is 0 Å². The molecule has 0 spiro atoms. The number of hydrogen-bond acceptors (Lipinski definition) is 6. The first kappa shape index (κ1) is 22.6. The summed E-state index contributed by atoms with van der Waals surface area (Å²) in [6, 6.07) is -0.260. The molecule has 3 fully saturated rings. The molecule has 2 heterocycles. The van der Waals surface area contributed by atoms with Crippen LogP contribution in [-0.2, 0) is 23.8 Å². The molecule has 0 radical (unpaired) electrons. The lowest BCUT2D eigenvalue weighted by atomic mass is 9.82. The van der Waals surface area contributed by atoms with Crippen molar-refractivity contribution in [2.24, 2.45) is 11.8 Å². The molecular weight excluding hydrogens is 411 g/mol. The number of halogens is 3. The molecule has 170 valence electrons. The summed E-state index contributed by atoms with van der Waals surface area (Å²) >= 11 is 0. The van der Waals surface area contributed by atoms with Gasteiger partial charge in [0.25, 0.3) is 0 Å². The number of alkyl halides is 3. The van der Waals surface area contributed by atoms with Crippen LogP contribution in [0.4, 0.5) is 18.0 Å². The maximum atomic E-state index is 12.3. The van der Waals surface area contributed by atoms with Crippen LogP contribution in [0.5, 0.6) is 0 Å². The van der Waals surface area contributed by atoms with Crippen molar-refractivity contribution in [1.29, 1.82) is 0 Å². The second-order valence-corrected chi connectivity index (χ2v) is 8.88. The van der Waals surface area contributed by atoms with Crippen molar-refractivity contribution in [2.45, 2.75) is 82.8 Å². The minimum Gasteiger partial charge on any atom is -0.444 e. The lowest BCUT2D eigenvalue weighted by Gasteiger charge is -2.34. The van der Waals surface area contributed by atoms with Crippen molar-refractivity contribution < 1.29 is 41.8 Å². The van der Waals surface area contributed by atoms with Gasteiger partial charge in [0, 0.05) is 5.92 Å². The average Bonchev–Trinajstić information content (AvgIpc) is 3.12. The van der Waals surface area contributed by atoms with E-state index in [1.165, 1.54) is 0 Å². The van der Waals surface area contributed by atoms with Gasteiger partial charge < -0.3 is 14.8 Å². The monoisotopic (exact) mass is 437 g/mol. The topological polar surface area (TPSA) is 115 Å². The van der Waals surface area contributed by atoms with Crippen LogP contribution in [0.2, 0.25) is 0 Å². The Balaban J connectivity index is 1.36. The van der Waals surface area contributed by atoms with Crippen LogP contribution in [0.25, 0.3) is 0 Å². The lowest BCUT2D eigenvalue weighted by molar-refractivity contribution is -0.353. The van der Waals surface area contributed by atoms with E-state index in [1.54, 1.807) is 20.8 Å². The number of carbonyl (C=O) groups is 3. The van der Waals surface area contributed by atoms with E-state index < -0.39 is 53.9 Å². The Morgan fingerprint density at radius 2 is 1.57 bits per heavy atom. The fourth-order valence-electron chi connectivity index (χ4n) is 3.93. The van der Waals surface area contributed by atoms with Crippen LogP contribution in [0, 0.1) is 11.8 Å². The predicted octanol–water partition coefficient (Wildman–Crippen LogP) is 1.52. The molecule has 0 unspecified atom stereocenters. The summed E-state index contributed by atoms with van der Waals surface area (Å²) in [7, 11) is 0. The third-order valence-corrected chi connectivity index (χ3v) is 5.33. The largest absolute Gasteiger partial charge is 0.522 e. The first-order valence-corrected chi connectivity index (χ1v) is 9.80. The van der Waals surface area contributed by atoms with Crippen LogP contribution < -0.4 is 16.2 Å². The normalized spacial score (nSPS) is 32.9. The molecule has 0 aromatic heterocycles. The predicted molar refractivity (Wildman–Crippen MR) is 94.5 cm³/mol. The van der Waals surface area contributed by atoms with E-state index in [9.17, 15) is 27.6 Å².